The maximum absolute atomic E-state index is 12.2. The highest BCUT2D eigenvalue weighted by atomic mass is 16.5. The number of methoxy groups -OCH3 is 1. The van der Waals surface area contributed by atoms with E-state index in [4.69, 9.17) is 9.47 Å². The van der Waals surface area contributed by atoms with E-state index in [1.54, 1.807) is 7.11 Å². The van der Waals surface area contributed by atoms with Crippen molar-refractivity contribution in [1.82, 2.24) is 0 Å². The number of benzene rings is 1. The van der Waals surface area contributed by atoms with E-state index in [1.165, 1.54) is 5.57 Å². The molecule has 0 saturated carbocycles. The van der Waals surface area contributed by atoms with Crippen LogP contribution in [-0.4, -0.2) is 18.5 Å². The van der Waals surface area contributed by atoms with Gasteiger partial charge >= 0.3 is 0 Å². The molecule has 1 aliphatic rings. The first kappa shape index (κ1) is 16.6. The largest absolute Gasteiger partial charge is 0.496 e. The van der Waals surface area contributed by atoms with Crippen LogP contribution in [0.3, 0.4) is 0 Å². The second-order valence-electron chi connectivity index (χ2n) is 7.34. The maximum atomic E-state index is 12.2. The summed E-state index contributed by atoms with van der Waals surface area (Å²) >= 11 is 0. The van der Waals surface area contributed by atoms with Crippen molar-refractivity contribution in [2.45, 2.75) is 53.6 Å². The Kier molecular flexibility index (Phi) is 4.12. The summed E-state index contributed by atoms with van der Waals surface area (Å²) in [5.74, 6) is 1.44. The van der Waals surface area contributed by atoms with E-state index in [9.17, 15) is 4.79 Å². The summed E-state index contributed by atoms with van der Waals surface area (Å²) in [6.07, 6.45) is 2.61. The molecule has 0 spiro atoms. The zero-order valence-electron chi connectivity index (χ0n) is 14.7. The van der Waals surface area contributed by atoms with Crippen LogP contribution in [0.2, 0.25) is 0 Å². The average Bonchev–Trinajstić information content (AvgIpc) is 2.42. The van der Waals surface area contributed by atoms with E-state index in [0.29, 0.717) is 17.7 Å². The minimum atomic E-state index is -0.378. The van der Waals surface area contributed by atoms with Crippen LogP contribution in [0.4, 0.5) is 0 Å². The van der Waals surface area contributed by atoms with Crippen LogP contribution in [-0.2, 0) is 0 Å². The molecule has 0 atom stereocenters. The molecule has 120 valence electrons. The summed E-state index contributed by atoms with van der Waals surface area (Å²) < 4.78 is 11.5. The quantitative estimate of drug-likeness (QED) is 0.746. The van der Waals surface area contributed by atoms with Gasteiger partial charge in [-0.2, -0.15) is 0 Å². The number of fused-ring (bicyclic) bond motifs is 1. The Bertz CT molecular complexity index is 631. The van der Waals surface area contributed by atoms with Crippen molar-refractivity contribution in [2.24, 2.45) is 5.41 Å². The van der Waals surface area contributed by atoms with Crippen LogP contribution in [0.15, 0.2) is 18.2 Å². The van der Waals surface area contributed by atoms with Crippen LogP contribution in [0, 0.1) is 5.41 Å². The Morgan fingerprint density at radius 1 is 1.27 bits per heavy atom. The third kappa shape index (κ3) is 3.03. The molecular formula is C19H26O3. The van der Waals surface area contributed by atoms with Gasteiger partial charge in [0.15, 0.2) is 5.78 Å². The van der Waals surface area contributed by atoms with Crippen LogP contribution in [0.5, 0.6) is 11.5 Å². The number of allylic oxidation sites excluding steroid dienone is 1. The molecule has 0 radical (unpaired) electrons. The second-order valence-corrected chi connectivity index (χ2v) is 7.34. The molecule has 1 aromatic carbocycles. The predicted octanol–water partition coefficient (Wildman–Crippen LogP) is 4.89. The average molecular weight is 302 g/mol. The van der Waals surface area contributed by atoms with E-state index in [0.717, 1.165) is 11.3 Å². The summed E-state index contributed by atoms with van der Waals surface area (Å²) in [6.45, 7) is 12.5. The molecule has 0 amide bonds. The summed E-state index contributed by atoms with van der Waals surface area (Å²) in [6, 6.07) is 3.77. The fourth-order valence-electron chi connectivity index (χ4n) is 2.79. The number of carbonyl (C=O) groups excluding carboxylic acids is 1. The highest BCUT2D eigenvalue weighted by molar-refractivity contribution is 6.00. The van der Waals surface area contributed by atoms with Crippen LogP contribution in [0.25, 0.3) is 5.57 Å². The topological polar surface area (TPSA) is 35.5 Å². The number of Topliss-reactive ketones (excluding diaryl/α,β-unsaturated/α-hetero) is 1. The predicted molar refractivity (Wildman–Crippen MR) is 89.8 cm³/mol. The maximum Gasteiger partial charge on any atom is 0.166 e. The van der Waals surface area contributed by atoms with Crippen LogP contribution in [0.1, 0.15) is 63.9 Å². The molecule has 3 nitrogen and oxygen atoms in total. The molecule has 2 rings (SSSR count). The van der Waals surface area contributed by atoms with E-state index in [2.05, 4.69) is 26.8 Å². The Morgan fingerprint density at radius 2 is 1.91 bits per heavy atom. The number of carbonyl (C=O) groups is 1. The van der Waals surface area contributed by atoms with Crippen molar-refractivity contribution in [1.29, 1.82) is 0 Å². The highest BCUT2D eigenvalue weighted by Gasteiger charge is 2.33. The minimum absolute atomic E-state index is 0.0308. The van der Waals surface area contributed by atoms with Gasteiger partial charge in [0.1, 0.15) is 17.1 Å². The van der Waals surface area contributed by atoms with Gasteiger partial charge in [-0.3, -0.25) is 4.79 Å². The second kappa shape index (κ2) is 5.45. The molecule has 0 N–H and O–H groups in total. The highest BCUT2D eigenvalue weighted by Crippen LogP contribution is 2.46. The first-order chi connectivity index (χ1) is 10.1. The Labute approximate surface area is 133 Å². The van der Waals surface area contributed by atoms with Gasteiger partial charge in [0.2, 0.25) is 0 Å². The molecule has 0 aliphatic carbocycles. The van der Waals surface area contributed by atoms with Gasteiger partial charge in [0, 0.05) is 18.1 Å². The van der Waals surface area contributed by atoms with Crippen molar-refractivity contribution in [3.63, 3.8) is 0 Å². The van der Waals surface area contributed by atoms with Gasteiger partial charge in [0.05, 0.1) is 12.7 Å². The monoisotopic (exact) mass is 302 g/mol. The van der Waals surface area contributed by atoms with Crippen molar-refractivity contribution in [2.75, 3.05) is 7.11 Å². The lowest BCUT2D eigenvalue weighted by atomic mass is 9.77. The lowest BCUT2D eigenvalue weighted by molar-refractivity contribution is 0.0985. The third-order valence-electron chi connectivity index (χ3n) is 3.89. The van der Waals surface area contributed by atoms with Gasteiger partial charge in [0.25, 0.3) is 0 Å². The molecule has 3 heteroatoms. The lowest BCUT2D eigenvalue weighted by Crippen LogP contribution is -2.31. The SMILES string of the molecule is CCC(=O)c1cc2c(cc1OC)OC(C)(C)C=C2C(C)(C)C. The number of ether oxygens (including phenoxy) is 2. The fraction of sp³-hybridized carbons (Fsp3) is 0.526. The summed E-state index contributed by atoms with van der Waals surface area (Å²) in [4.78, 5) is 12.2. The zero-order chi connectivity index (χ0) is 16.7. The standard InChI is InChI=1S/C19H26O3/c1-8-15(20)13-9-12-14(18(2,3)4)11-19(5,6)22-17(12)10-16(13)21-7/h9-11H,8H2,1-7H3. The summed E-state index contributed by atoms with van der Waals surface area (Å²) in [7, 11) is 1.59. The third-order valence-corrected chi connectivity index (χ3v) is 3.89. The lowest BCUT2D eigenvalue weighted by Gasteiger charge is -2.36. The van der Waals surface area contributed by atoms with E-state index in [-0.39, 0.29) is 16.8 Å². The van der Waals surface area contributed by atoms with Crippen molar-refractivity contribution in [3.05, 3.63) is 29.3 Å². The summed E-state index contributed by atoms with van der Waals surface area (Å²) in [5, 5.41) is 0. The number of ketones is 1. The first-order valence-corrected chi connectivity index (χ1v) is 7.77. The number of rotatable bonds is 3. The van der Waals surface area contributed by atoms with Crippen molar-refractivity contribution >= 4 is 11.4 Å². The number of hydrogen-bond acceptors (Lipinski definition) is 3. The number of hydrogen-bond donors (Lipinski definition) is 0. The van der Waals surface area contributed by atoms with Gasteiger partial charge in [-0.05, 0) is 37.0 Å². The van der Waals surface area contributed by atoms with E-state index < -0.39 is 0 Å². The van der Waals surface area contributed by atoms with Crippen molar-refractivity contribution < 1.29 is 14.3 Å². The van der Waals surface area contributed by atoms with Crippen molar-refractivity contribution in [3.8, 4) is 11.5 Å². The molecule has 0 bridgehead atoms. The Hall–Kier alpha value is -1.77. The molecule has 0 fully saturated rings. The Morgan fingerprint density at radius 3 is 2.41 bits per heavy atom. The first-order valence-electron chi connectivity index (χ1n) is 7.77. The molecule has 0 aromatic heterocycles. The molecule has 0 saturated heterocycles. The Balaban J connectivity index is 2.71. The van der Waals surface area contributed by atoms with E-state index in [1.807, 2.05) is 32.9 Å². The molecular weight excluding hydrogens is 276 g/mol. The minimum Gasteiger partial charge on any atom is -0.496 e. The molecule has 0 unspecified atom stereocenters. The van der Waals surface area contributed by atoms with Gasteiger partial charge in [-0.1, -0.05) is 27.7 Å². The summed E-state index contributed by atoms with van der Waals surface area (Å²) in [5.41, 5.74) is 2.41. The fourth-order valence-corrected chi connectivity index (χ4v) is 2.79. The normalized spacial score (nSPS) is 16.4. The molecule has 1 heterocycles. The van der Waals surface area contributed by atoms with E-state index >= 15 is 0 Å². The molecule has 1 aliphatic heterocycles. The molecule has 1 aromatic rings. The molecule has 22 heavy (non-hydrogen) atoms. The smallest absolute Gasteiger partial charge is 0.166 e. The van der Waals surface area contributed by atoms with Crippen LogP contribution < -0.4 is 9.47 Å². The van der Waals surface area contributed by atoms with Gasteiger partial charge in [-0.25, -0.2) is 0 Å². The van der Waals surface area contributed by atoms with Gasteiger partial charge < -0.3 is 9.47 Å². The van der Waals surface area contributed by atoms with Crippen LogP contribution >= 0.6 is 0 Å². The van der Waals surface area contributed by atoms with Gasteiger partial charge in [-0.15, -0.1) is 0 Å². The zero-order valence-corrected chi connectivity index (χ0v) is 14.7.